The van der Waals surface area contributed by atoms with Crippen LogP contribution in [0.1, 0.15) is 6.92 Å². The number of sulfonamides is 1. The molecule has 98 valence electrons. The summed E-state index contributed by atoms with van der Waals surface area (Å²) in [5, 5.41) is 7.31. The van der Waals surface area contributed by atoms with E-state index in [0.29, 0.717) is 17.9 Å². The van der Waals surface area contributed by atoms with Gasteiger partial charge in [-0.25, -0.2) is 17.4 Å². The Morgan fingerprint density at radius 2 is 1.94 bits per heavy atom. The quantitative estimate of drug-likeness (QED) is 0.820. The van der Waals surface area contributed by atoms with Gasteiger partial charge in [-0.15, -0.1) is 0 Å². The van der Waals surface area contributed by atoms with Crippen molar-refractivity contribution in [1.29, 1.82) is 0 Å². The van der Waals surface area contributed by atoms with Crippen LogP contribution in [0.2, 0.25) is 0 Å². The second-order valence-electron chi connectivity index (χ2n) is 3.74. The summed E-state index contributed by atoms with van der Waals surface area (Å²) in [6.07, 6.45) is 0. The van der Waals surface area contributed by atoms with E-state index in [-0.39, 0.29) is 10.4 Å². The topological polar surface area (TPSA) is 85.5 Å². The molecule has 0 aliphatic rings. The average Bonchev–Trinajstić information content (AvgIpc) is 2.78. The Bertz CT molecular complexity index is 663. The predicted octanol–water partition coefficient (Wildman–Crippen LogP) is 0.872. The summed E-state index contributed by atoms with van der Waals surface area (Å²) < 4.78 is 35.2. The van der Waals surface area contributed by atoms with Crippen LogP contribution in [0.15, 0.2) is 21.7 Å². The summed E-state index contributed by atoms with van der Waals surface area (Å²) in [5.41, 5.74) is 0.481. The minimum absolute atomic E-state index is 0.0483. The molecule has 1 aromatic heterocycles. The van der Waals surface area contributed by atoms with Crippen molar-refractivity contribution in [3.8, 4) is 5.75 Å². The van der Waals surface area contributed by atoms with Crippen molar-refractivity contribution in [3.05, 3.63) is 12.1 Å². The molecular formula is C10H13N3O4S. The minimum atomic E-state index is -3.59. The first kappa shape index (κ1) is 12.8. The second kappa shape index (κ2) is 4.54. The number of ether oxygens (including phenoxy) is 1. The van der Waals surface area contributed by atoms with Gasteiger partial charge in [0.2, 0.25) is 10.0 Å². The molecule has 0 aliphatic heterocycles. The molecule has 8 heteroatoms. The van der Waals surface area contributed by atoms with Crippen molar-refractivity contribution >= 4 is 21.1 Å². The molecule has 2 aromatic rings. The summed E-state index contributed by atoms with van der Waals surface area (Å²) >= 11 is 0. The van der Waals surface area contributed by atoms with Gasteiger partial charge in [-0.3, -0.25) is 0 Å². The van der Waals surface area contributed by atoms with E-state index in [4.69, 9.17) is 4.74 Å². The van der Waals surface area contributed by atoms with E-state index in [0.717, 1.165) is 4.31 Å². The zero-order valence-corrected chi connectivity index (χ0v) is 11.1. The molecule has 1 aromatic carbocycles. The lowest BCUT2D eigenvalue weighted by Crippen LogP contribution is -2.22. The molecule has 0 spiro atoms. The number of benzene rings is 1. The van der Waals surface area contributed by atoms with Crippen LogP contribution in [0.25, 0.3) is 11.0 Å². The van der Waals surface area contributed by atoms with Crippen LogP contribution in [-0.2, 0) is 10.0 Å². The van der Waals surface area contributed by atoms with E-state index < -0.39 is 10.0 Å². The fourth-order valence-corrected chi connectivity index (χ4v) is 2.51. The van der Waals surface area contributed by atoms with Gasteiger partial charge in [0, 0.05) is 14.1 Å². The number of fused-ring (bicyclic) bond motifs is 1. The first-order valence-corrected chi connectivity index (χ1v) is 6.73. The van der Waals surface area contributed by atoms with Gasteiger partial charge < -0.3 is 4.74 Å². The van der Waals surface area contributed by atoms with E-state index in [1.54, 1.807) is 6.07 Å². The third kappa shape index (κ3) is 1.93. The van der Waals surface area contributed by atoms with Crippen molar-refractivity contribution in [2.45, 2.75) is 11.8 Å². The largest absolute Gasteiger partial charge is 0.491 e. The van der Waals surface area contributed by atoms with Crippen LogP contribution in [0, 0.1) is 0 Å². The molecule has 0 aliphatic carbocycles. The minimum Gasteiger partial charge on any atom is -0.491 e. The zero-order chi connectivity index (χ0) is 13.3. The van der Waals surface area contributed by atoms with Crippen molar-refractivity contribution in [3.63, 3.8) is 0 Å². The maximum Gasteiger partial charge on any atom is 0.244 e. The molecule has 0 saturated carbocycles. The van der Waals surface area contributed by atoms with Crippen molar-refractivity contribution in [1.82, 2.24) is 14.6 Å². The Morgan fingerprint density at radius 1 is 1.28 bits per heavy atom. The number of rotatable bonds is 4. The molecule has 0 fully saturated rings. The highest BCUT2D eigenvalue weighted by Gasteiger charge is 2.24. The monoisotopic (exact) mass is 271 g/mol. The zero-order valence-electron chi connectivity index (χ0n) is 10.2. The molecule has 0 bridgehead atoms. The van der Waals surface area contributed by atoms with Gasteiger partial charge in [-0.05, 0) is 29.4 Å². The van der Waals surface area contributed by atoms with E-state index >= 15 is 0 Å². The first-order valence-electron chi connectivity index (χ1n) is 5.29. The Labute approximate surface area is 104 Å². The number of hydrogen-bond donors (Lipinski definition) is 0. The Kier molecular flexibility index (Phi) is 3.22. The van der Waals surface area contributed by atoms with Gasteiger partial charge in [0.05, 0.1) is 6.61 Å². The van der Waals surface area contributed by atoms with Gasteiger partial charge in [-0.1, -0.05) is 0 Å². The van der Waals surface area contributed by atoms with Gasteiger partial charge in [0.1, 0.15) is 4.90 Å². The molecule has 2 rings (SSSR count). The lowest BCUT2D eigenvalue weighted by atomic mass is 10.3. The number of aromatic nitrogens is 2. The second-order valence-corrected chi connectivity index (χ2v) is 5.86. The summed E-state index contributed by atoms with van der Waals surface area (Å²) in [6, 6.07) is 2.99. The Hall–Kier alpha value is -1.67. The summed E-state index contributed by atoms with van der Waals surface area (Å²) in [5.74, 6) is 0.450. The molecule has 0 atom stereocenters. The van der Waals surface area contributed by atoms with Crippen molar-refractivity contribution in [2.75, 3.05) is 20.7 Å². The standard InChI is InChI=1S/C10H13N3O4S/c1-4-16-7-5-6-8(18(14,15)13(2)3)10-9(7)11-17-12-10/h5-6H,4H2,1-3H3. The fraction of sp³-hybridized carbons (Fsp3) is 0.400. The number of hydrogen-bond acceptors (Lipinski definition) is 6. The van der Waals surface area contributed by atoms with E-state index in [2.05, 4.69) is 14.9 Å². The SMILES string of the molecule is CCOc1ccc(S(=O)(=O)N(C)C)c2nonc12. The normalized spacial score (nSPS) is 12.2. The third-order valence-corrected chi connectivity index (χ3v) is 4.25. The van der Waals surface area contributed by atoms with Crippen molar-refractivity contribution in [2.24, 2.45) is 0 Å². The van der Waals surface area contributed by atoms with Crippen LogP contribution in [0.3, 0.4) is 0 Å². The van der Waals surface area contributed by atoms with E-state index in [1.807, 2.05) is 6.92 Å². The highest BCUT2D eigenvalue weighted by Crippen LogP contribution is 2.29. The molecule has 7 nitrogen and oxygen atoms in total. The van der Waals surface area contributed by atoms with Crippen LogP contribution in [-0.4, -0.2) is 43.7 Å². The highest BCUT2D eigenvalue weighted by molar-refractivity contribution is 7.89. The first-order chi connectivity index (χ1) is 8.48. The van der Waals surface area contributed by atoms with Gasteiger partial charge in [0.25, 0.3) is 0 Å². The molecular weight excluding hydrogens is 258 g/mol. The molecule has 18 heavy (non-hydrogen) atoms. The average molecular weight is 271 g/mol. The van der Waals surface area contributed by atoms with Crippen LogP contribution >= 0.6 is 0 Å². The van der Waals surface area contributed by atoms with E-state index in [1.165, 1.54) is 20.2 Å². The Balaban J connectivity index is 2.69. The predicted molar refractivity (Wildman–Crippen MR) is 63.8 cm³/mol. The maximum absolute atomic E-state index is 12.1. The van der Waals surface area contributed by atoms with Crippen LogP contribution < -0.4 is 4.74 Å². The highest BCUT2D eigenvalue weighted by atomic mass is 32.2. The lowest BCUT2D eigenvalue weighted by Gasteiger charge is -2.11. The van der Waals surface area contributed by atoms with E-state index in [9.17, 15) is 8.42 Å². The molecule has 0 N–H and O–H groups in total. The van der Waals surface area contributed by atoms with Crippen molar-refractivity contribution < 1.29 is 17.8 Å². The summed E-state index contributed by atoms with van der Waals surface area (Å²) in [7, 11) is -0.691. The van der Waals surface area contributed by atoms with Gasteiger partial charge >= 0.3 is 0 Å². The smallest absolute Gasteiger partial charge is 0.244 e. The summed E-state index contributed by atoms with van der Waals surface area (Å²) in [6.45, 7) is 2.27. The van der Waals surface area contributed by atoms with Crippen LogP contribution in [0.5, 0.6) is 5.75 Å². The molecule has 0 radical (unpaired) electrons. The lowest BCUT2D eigenvalue weighted by molar-refractivity contribution is 0.310. The molecule has 1 heterocycles. The van der Waals surface area contributed by atoms with Gasteiger partial charge in [0.15, 0.2) is 16.8 Å². The van der Waals surface area contributed by atoms with Gasteiger partial charge in [-0.2, -0.15) is 0 Å². The summed E-state index contributed by atoms with van der Waals surface area (Å²) in [4.78, 5) is 0.0483. The maximum atomic E-state index is 12.1. The molecule has 0 unspecified atom stereocenters. The Morgan fingerprint density at radius 3 is 2.56 bits per heavy atom. The fourth-order valence-electron chi connectivity index (χ4n) is 1.50. The molecule has 0 amide bonds. The number of nitrogens with zero attached hydrogens (tertiary/aromatic N) is 3. The third-order valence-electron chi connectivity index (χ3n) is 2.40. The molecule has 0 saturated heterocycles. The van der Waals surface area contributed by atoms with Crippen LogP contribution in [0.4, 0.5) is 0 Å².